The highest BCUT2D eigenvalue weighted by molar-refractivity contribution is 7.93. The van der Waals surface area contributed by atoms with E-state index in [0.29, 0.717) is 48.3 Å². The molecule has 2 fully saturated rings. The number of piperidine rings is 1. The first-order valence-electron chi connectivity index (χ1n) is 11.8. The third kappa shape index (κ3) is 4.54. The maximum Gasteiger partial charge on any atom is 0.243 e. The zero-order valence-corrected chi connectivity index (χ0v) is 20.9. The van der Waals surface area contributed by atoms with Crippen LogP contribution in [0.5, 0.6) is 11.5 Å². The Morgan fingerprint density at radius 3 is 2.33 bits per heavy atom. The Bertz CT molecular complexity index is 1310. The summed E-state index contributed by atoms with van der Waals surface area (Å²) in [4.78, 5) is 9.76. The number of anilines is 2. The fraction of sp³-hybridized carbons (Fsp3) is 0.478. The molecule has 1 N–H and O–H groups in total. The number of nitrogens with one attached hydrogen (secondary N) is 1. The molecular formula is C23H28FN7O4S. The van der Waals surface area contributed by atoms with Crippen molar-refractivity contribution in [3.63, 3.8) is 0 Å². The van der Waals surface area contributed by atoms with Gasteiger partial charge in [-0.2, -0.15) is 0 Å². The van der Waals surface area contributed by atoms with Crippen LogP contribution < -0.4 is 19.1 Å². The quantitative estimate of drug-likeness (QED) is 0.480. The monoisotopic (exact) mass is 517 g/mol. The first kappa shape index (κ1) is 24.2. The third-order valence-electron chi connectivity index (χ3n) is 6.72. The van der Waals surface area contributed by atoms with E-state index >= 15 is 0 Å². The Balaban J connectivity index is 1.48. The summed E-state index contributed by atoms with van der Waals surface area (Å²) in [5, 5.41) is 7.87. The molecule has 0 amide bonds. The Hall–Kier alpha value is -3.48. The summed E-state index contributed by atoms with van der Waals surface area (Å²) >= 11 is 0. The van der Waals surface area contributed by atoms with E-state index in [2.05, 4.69) is 24.9 Å². The van der Waals surface area contributed by atoms with Gasteiger partial charge < -0.3 is 14.4 Å². The lowest BCUT2D eigenvalue weighted by Gasteiger charge is -2.32. The van der Waals surface area contributed by atoms with Gasteiger partial charge in [0.2, 0.25) is 21.9 Å². The van der Waals surface area contributed by atoms with Crippen molar-refractivity contribution in [1.82, 2.24) is 24.7 Å². The van der Waals surface area contributed by atoms with Gasteiger partial charge in [-0.25, -0.2) is 22.8 Å². The maximum atomic E-state index is 13.6. The third-order valence-corrected chi connectivity index (χ3v) is 8.45. The van der Waals surface area contributed by atoms with E-state index in [9.17, 15) is 12.8 Å². The van der Waals surface area contributed by atoms with Crippen LogP contribution in [-0.2, 0) is 10.0 Å². The van der Waals surface area contributed by atoms with Gasteiger partial charge in [-0.15, -0.1) is 10.2 Å². The minimum absolute atomic E-state index is 0.0786. The molecule has 1 saturated carbocycles. The average molecular weight is 518 g/mol. The lowest BCUT2D eigenvalue weighted by Crippen LogP contribution is -2.45. The predicted octanol–water partition coefficient (Wildman–Crippen LogP) is 2.89. The molecule has 0 unspecified atom stereocenters. The molecule has 13 heteroatoms. The second-order valence-corrected chi connectivity index (χ2v) is 10.9. The number of aromatic nitrogens is 5. The molecule has 1 aliphatic heterocycles. The van der Waals surface area contributed by atoms with E-state index in [-0.39, 0.29) is 18.4 Å². The molecule has 2 aromatic heterocycles. The van der Waals surface area contributed by atoms with Crippen molar-refractivity contribution in [2.75, 3.05) is 36.9 Å². The second-order valence-electron chi connectivity index (χ2n) is 8.91. The highest BCUT2D eigenvalue weighted by Crippen LogP contribution is 2.41. The Labute approximate surface area is 208 Å². The number of rotatable bonds is 8. The smallest absolute Gasteiger partial charge is 0.243 e. The molecule has 5 rings (SSSR count). The molecule has 3 heterocycles. The molecule has 36 heavy (non-hydrogen) atoms. The number of hydrogen-bond acceptors (Lipinski definition) is 9. The largest absolute Gasteiger partial charge is 0.494 e. The van der Waals surface area contributed by atoms with E-state index in [1.807, 2.05) is 0 Å². The number of para-hydroxylation sites is 1. The molecule has 1 aliphatic carbocycles. The van der Waals surface area contributed by atoms with Crippen LogP contribution in [0.2, 0.25) is 0 Å². The molecular weight excluding hydrogens is 489 g/mol. The maximum absolute atomic E-state index is 13.6. The topological polar surface area (TPSA) is 124 Å². The molecule has 0 bridgehead atoms. The van der Waals surface area contributed by atoms with Crippen LogP contribution in [0.15, 0.2) is 30.6 Å². The summed E-state index contributed by atoms with van der Waals surface area (Å²) in [6, 6.07) is 5.36. The summed E-state index contributed by atoms with van der Waals surface area (Å²) in [5.74, 6) is 1.66. The Morgan fingerprint density at radius 1 is 1.03 bits per heavy atom. The van der Waals surface area contributed by atoms with Gasteiger partial charge >= 0.3 is 0 Å². The van der Waals surface area contributed by atoms with Crippen LogP contribution >= 0.6 is 0 Å². The van der Waals surface area contributed by atoms with Crippen LogP contribution in [-0.4, -0.2) is 65.7 Å². The molecule has 1 atom stereocenters. The van der Waals surface area contributed by atoms with Crippen molar-refractivity contribution >= 4 is 21.9 Å². The molecule has 1 aromatic carbocycles. The van der Waals surface area contributed by atoms with Crippen molar-refractivity contribution in [2.24, 2.45) is 0 Å². The minimum Gasteiger partial charge on any atom is -0.494 e. The van der Waals surface area contributed by atoms with Crippen molar-refractivity contribution in [2.45, 2.75) is 43.3 Å². The van der Waals surface area contributed by atoms with Crippen molar-refractivity contribution in [3.05, 3.63) is 42.2 Å². The van der Waals surface area contributed by atoms with Crippen molar-refractivity contribution < 1.29 is 22.3 Å². The number of halogens is 1. The van der Waals surface area contributed by atoms with Crippen molar-refractivity contribution in [1.29, 1.82) is 0 Å². The van der Waals surface area contributed by atoms with Gasteiger partial charge in [-0.05, 0) is 37.8 Å². The number of benzene rings is 1. The van der Waals surface area contributed by atoms with Gasteiger partial charge in [-0.3, -0.25) is 9.29 Å². The number of hydrogen-bond donors (Lipinski definition) is 1. The minimum atomic E-state index is -3.88. The highest BCUT2D eigenvalue weighted by Gasteiger charge is 2.35. The summed E-state index contributed by atoms with van der Waals surface area (Å²) in [7, 11) is -0.792. The number of methoxy groups -OCH3 is 2. The Kier molecular flexibility index (Phi) is 6.65. The van der Waals surface area contributed by atoms with Crippen LogP contribution in [0.4, 0.5) is 16.3 Å². The first-order valence-corrected chi connectivity index (χ1v) is 13.4. The highest BCUT2D eigenvalue weighted by atomic mass is 32.2. The summed E-state index contributed by atoms with van der Waals surface area (Å²) in [5.41, 5.74) is 0.539. The van der Waals surface area contributed by atoms with E-state index in [4.69, 9.17) is 9.47 Å². The lowest BCUT2D eigenvalue weighted by atomic mass is 9.85. The fourth-order valence-electron chi connectivity index (χ4n) is 4.62. The number of sulfonamides is 1. The first-order chi connectivity index (χ1) is 17.4. The van der Waals surface area contributed by atoms with Gasteiger partial charge in [-0.1, -0.05) is 12.5 Å². The van der Waals surface area contributed by atoms with Crippen LogP contribution in [0.3, 0.4) is 0 Å². The van der Waals surface area contributed by atoms with Gasteiger partial charge in [0.05, 0.1) is 31.9 Å². The molecule has 192 valence electrons. The van der Waals surface area contributed by atoms with Gasteiger partial charge in [0.1, 0.15) is 23.0 Å². The normalized spacial score (nSPS) is 18.5. The predicted molar refractivity (Wildman–Crippen MR) is 131 cm³/mol. The SMILES string of the molecule is COc1cccc(OC)c1-n1c(NS(=O)(=O)[C@H]2CCCN(c3ncc(F)cn3)C2)nnc1C1CCC1. The lowest BCUT2D eigenvalue weighted by molar-refractivity contribution is 0.379. The molecule has 3 aromatic rings. The molecule has 0 spiro atoms. The Morgan fingerprint density at radius 2 is 1.72 bits per heavy atom. The fourth-order valence-corrected chi connectivity index (χ4v) is 6.02. The van der Waals surface area contributed by atoms with Crippen LogP contribution in [0.25, 0.3) is 5.69 Å². The zero-order valence-electron chi connectivity index (χ0n) is 20.1. The summed E-state index contributed by atoms with van der Waals surface area (Å²) < 4.78 is 55.9. The summed E-state index contributed by atoms with van der Waals surface area (Å²) in [6.07, 6.45) is 6.18. The van der Waals surface area contributed by atoms with Gasteiger partial charge in [0.25, 0.3) is 0 Å². The average Bonchev–Trinajstić information content (AvgIpc) is 3.24. The number of ether oxygens (including phenoxy) is 2. The van der Waals surface area contributed by atoms with Gasteiger partial charge in [0.15, 0.2) is 5.82 Å². The molecule has 11 nitrogen and oxygen atoms in total. The standard InChI is InChI=1S/C23H28FN7O4S/c1-34-18-9-4-10-19(35-2)20(18)31-21(15-6-3-7-15)27-28-23(31)29-36(32,33)17-8-5-11-30(14-17)22-25-12-16(24)13-26-22/h4,9-10,12-13,15,17H,3,5-8,11,14H2,1-2H3,(H,28,29)/t17-/m0/s1. The van der Waals surface area contributed by atoms with E-state index in [1.54, 1.807) is 41.9 Å². The van der Waals surface area contributed by atoms with Gasteiger partial charge in [0, 0.05) is 19.0 Å². The summed E-state index contributed by atoms with van der Waals surface area (Å²) in [6.45, 7) is 0.751. The van der Waals surface area contributed by atoms with E-state index in [0.717, 1.165) is 31.7 Å². The molecule has 0 radical (unpaired) electrons. The van der Waals surface area contributed by atoms with E-state index in [1.165, 1.54) is 0 Å². The zero-order chi connectivity index (χ0) is 25.3. The van der Waals surface area contributed by atoms with Crippen LogP contribution in [0, 0.1) is 5.82 Å². The van der Waals surface area contributed by atoms with Crippen molar-refractivity contribution in [3.8, 4) is 17.2 Å². The van der Waals surface area contributed by atoms with E-state index < -0.39 is 21.1 Å². The molecule has 1 saturated heterocycles. The number of nitrogens with zero attached hydrogens (tertiary/aromatic N) is 6. The van der Waals surface area contributed by atoms with Crippen LogP contribution in [0.1, 0.15) is 43.8 Å². The molecule has 2 aliphatic rings. The second kappa shape index (κ2) is 9.88.